The Bertz CT molecular complexity index is 357. The van der Waals surface area contributed by atoms with E-state index in [-0.39, 0.29) is 13.2 Å². The van der Waals surface area contributed by atoms with Crippen LogP contribution in [0.5, 0.6) is 0 Å². The lowest BCUT2D eigenvalue weighted by Gasteiger charge is -2.25. The predicted molar refractivity (Wildman–Crippen MR) is 79.0 cm³/mol. The number of nitrogens with two attached hydrogens (primary N) is 1. The molecule has 0 rings (SSSR count). The van der Waals surface area contributed by atoms with E-state index in [2.05, 4.69) is 5.32 Å². The van der Waals surface area contributed by atoms with Gasteiger partial charge in [-0.15, -0.1) is 0 Å². The third-order valence-corrected chi connectivity index (χ3v) is 2.33. The molecule has 0 heterocycles. The van der Waals surface area contributed by atoms with Crippen LogP contribution in [-0.4, -0.2) is 53.5 Å². The number of aliphatic carboxylic acids is 1. The molecule has 1 amide bonds. The highest BCUT2D eigenvalue weighted by molar-refractivity contribution is 5.86. The van der Waals surface area contributed by atoms with Crippen molar-refractivity contribution in [3.05, 3.63) is 0 Å². The van der Waals surface area contributed by atoms with E-state index in [9.17, 15) is 9.59 Å². The van der Waals surface area contributed by atoms with Crippen molar-refractivity contribution in [2.24, 2.45) is 5.73 Å². The van der Waals surface area contributed by atoms with Gasteiger partial charge in [0.05, 0.1) is 24.4 Å². The number of ether oxygens (including phenoxy) is 2. The quantitative estimate of drug-likeness (QED) is 0.632. The molecule has 4 N–H and O–H groups in total. The van der Waals surface area contributed by atoms with Gasteiger partial charge in [0.2, 0.25) is 5.91 Å². The molecule has 0 aliphatic carbocycles. The molecule has 2 atom stereocenters. The Kier molecular flexibility index (Phi) is 7.29. The number of carbonyl (C=O) groups excluding carboxylic acids is 1. The second kappa shape index (κ2) is 7.72. The van der Waals surface area contributed by atoms with E-state index >= 15 is 0 Å². The lowest BCUT2D eigenvalue weighted by Crippen LogP contribution is -2.52. The maximum absolute atomic E-state index is 11.9. The van der Waals surface area contributed by atoms with Gasteiger partial charge in [-0.05, 0) is 41.5 Å². The van der Waals surface area contributed by atoms with Crippen molar-refractivity contribution < 1.29 is 24.2 Å². The molecule has 0 spiro atoms. The first-order chi connectivity index (χ1) is 9.32. The van der Waals surface area contributed by atoms with Crippen molar-refractivity contribution in [3.63, 3.8) is 0 Å². The van der Waals surface area contributed by atoms with Crippen LogP contribution in [-0.2, 0) is 19.1 Å². The highest BCUT2D eigenvalue weighted by Gasteiger charge is 2.26. The van der Waals surface area contributed by atoms with Crippen molar-refractivity contribution in [1.82, 2.24) is 5.32 Å². The Morgan fingerprint density at radius 1 is 1.05 bits per heavy atom. The molecule has 0 saturated carbocycles. The van der Waals surface area contributed by atoms with E-state index < -0.39 is 35.2 Å². The number of carbonyl (C=O) groups is 2. The summed E-state index contributed by atoms with van der Waals surface area (Å²) in [4.78, 5) is 23.0. The fourth-order valence-corrected chi connectivity index (χ4v) is 1.20. The first-order valence-corrected chi connectivity index (χ1v) is 6.88. The van der Waals surface area contributed by atoms with Crippen LogP contribution in [0.15, 0.2) is 0 Å². The fraction of sp³-hybridized carbons (Fsp3) is 0.857. The highest BCUT2D eigenvalue weighted by atomic mass is 16.5. The highest BCUT2D eigenvalue weighted by Crippen LogP contribution is 2.08. The van der Waals surface area contributed by atoms with E-state index in [1.807, 2.05) is 20.8 Å². The topological polar surface area (TPSA) is 111 Å². The molecular weight excluding hydrogens is 276 g/mol. The number of nitrogens with one attached hydrogen (secondary N) is 1. The summed E-state index contributed by atoms with van der Waals surface area (Å²) < 4.78 is 10.8. The normalized spacial score (nSPS) is 15.4. The molecule has 21 heavy (non-hydrogen) atoms. The molecule has 0 bridgehead atoms. The zero-order chi connectivity index (χ0) is 16.8. The monoisotopic (exact) mass is 304 g/mol. The summed E-state index contributed by atoms with van der Waals surface area (Å²) in [5.74, 6) is -1.75. The second-order valence-corrected chi connectivity index (χ2v) is 6.85. The molecule has 0 saturated heterocycles. The molecule has 0 aromatic rings. The van der Waals surface area contributed by atoms with Crippen LogP contribution in [0.2, 0.25) is 0 Å². The third kappa shape index (κ3) is 10.2. The lowest BCUT2D eigenvalue weighted by atomic mass is 10.2. The molecule has 7 heteroatoms. The maximum Gasteiger partial charge on any atom is 0.328 e. The molecule has 0 aromatic heterocycles. The SMILES string of the molecule is CC(C)(C)OC[C@H](NC(=O)[C@@H](N)COC(C)(C)C)C(=O)O. The number of hydrogen-bond donors (Lipinski definition) is 3. The Balaban J connectivity index is 4.44. The van der Waals surface area contributed by atoms with Gasteiger partial charge in [0.15, 0.2) is 6.04 Å². The Morgan fingerprint density at radius 3 is 1.86 bits per heavy atom. The van der Waals surface area contributed by atoms with Gasteiger partial charge in [0.1, 0.15) is 6.04 Å². The van der Waals surface area contributed by atoms with Crippen LogP contribution < -0.4 is 11.1 Å². The molecule has 0 aliphatic rings. The molecule has 124 valence electrons. The van der Waals surface area contributed by atoms with E-state index in [4.69, 9.17) is 20.3 Å². The minimum atomic E-state index is -1.17. The second-order valence-electron chi connectivity index (χ2n) is 6.85. The van der Waals surface area contributed by atoms with E-state index in [0.29, 0.717) is 0 Å². The minimum Gasteiger partial charge on any atom is -0.480 e. The van der Waals surface area contributed by atoms with Crippen molar-refractivity contribution >= 4 is 11.9 Å². The Morgan fingerprint density at radius 2 is 1.48 bits per heavy atom. The molecule has 0 aromatic carbocycles. The number of amides is 1. The van der Waals surface area contributed by atoms with Crippen molar-refractivity contribution in [2.45, 2.75) is 64.8 Å². The zero-order valence-electron chi connectivity index (χ0n) is 13.7. The van der Waals surface area contributed by atoms with Gasteiger partial charge in [-0.1, -0.05) is 0 Å². The fourth-order valence-electron chi connectivity index (χ4n) is 1.20. The number of carboxylic acid groups (broad SMARTS) is 1. The summed E-state index contributed by atoms with van der Waals surface area (Å²) in [7, 11) is 0. The van der Waals surface area contributed by atoms with Crippen LogP contribution in [0, 0.1) is 0 Å². The number of carboxylic acids is 1. The summed E-state index contributed by atoms with van der Waals surface area (Å²) in [5, 5.41) is 11.4. The largest absolute Gasteiger partial charge is 0.480 e. The number of hydrogen-bond acceptors (Lipinski definition) is 5. The molecule has 0 radical (unpaired) electrons. The Hall–Kier alpha value is -1.18. The van der Waals surface area contributed by atoms with E-state index in [0.717, 1.165) is 0 Å². The molecule has 7 nitrogen and oxygen atoms in total. The summed E-state index contributed by atoms with van der Waals surface area (Å²) >= 11 is 0. The maximum atomic E-state index is 11.9. The predicted octanol–water partition coefficient (Wildman–Crippen LogP) is 0.513. The zero-order valence-corrected chi connectivity index (χ0v) is 13.7. The smallest absolute Gasteiger partial charge is 0.328 e. The van der Waals surface area contributed by atoms with Crippen LogP contribution in [0.1, 0.15) is 41.5 Å². The first kappa shape index (κ1) is 19.8. The van der Waals surface area contributed by atoms with Gasteiger partial charge in [0, 0.05) is 0 Å². The summed E-state index contributed by atoms with van der Waals surface area (Å²) in [6.45, 7) is 10.8. The molecule has 0 unspecified atom stereocenters. The summed E-state index contributed by atoms with van der Waals surface area (Å²) in [6.07, 6.45) is 0. The van der Waals surface area contributed by atoms with Gasteiger partial charge < -0.3 is 25.6 Å². The van der Waals surface area contributed by atoms with Crippen LogP contribution >= 0.6 is 0 Å². The minimum absolute atomic E-state index is 0.0157. The average Bonchev–Trinajstić information content (AvgIpc) is 2.28. The van der Waals surface area contributed by atoms with Gasteiger partial charge >= 0.3 is 5.97 Å². The van der Waals surface area contributed by atoms with Crippen molar-refractivity contribution in [2.75, 3.05) is 13.2 Å². The first-order valence-electron chi connectivity index (χ1n) is 6.88. The molecule has 0 fully saturated rings. The Labute approximate surface area is 126 Å². The third-order valence-electron chi connectivity index (χ3n) is 2.33. The molecular formula is C14H28N2O5. The standard InChI is InChI=1S/C14H28N2O5/c1-13(2,3)20-7-9(15)11(17)16-10(12(18)19)8-21-14(4,5)6/h9-10H,7-8,15H2,1-6H3,(H,16,17)(H,18,19)/t9-,10-/m0/s1. The van der Waals surface area contributed by atoms with Crippen LogP contribution in [0.25, 0.3) is 0 Å². The van der Waals surface area contributed by atoms with Crippen molar-refractivity contribution in [3.8, 4) is 0 Å². The molecule has 0 aliphatic heterocycles. The van der Waals surface area contributed by atoms with Crippen molar-refractivity contribution in [1.29, 1.82) is 0 Å². The van der Waals surface area contributed by atoms with Gasteiger partial charge in [-0.25, -0.2) is 4.79 Å². The van der Waals surface area contributed by atoms with E-state index in [1.165, 1.54) is 0 Å². The van der Waals surface area contributed by atoms with E-state index in [1.54, 1.807) is 20.8 Å². The summed E-state index contributed by atoms with van der Waals surface area (Å²) in [6, 6.07) is -2.07. The van der Waals surface area contributed by atoms with Crippen LogP contribution in [0.4, 0.5) is 0 Å². The van der Waals surface area contributed by atoms with Gasteiger partial charge in [-0.3, -0.25) is 4.79 Å². The van der Waals surface area contributed by atoms with Crippen LogP contribution in [0.3, 0.4) is 0 Å². The lowest BCUT2D eigenvalue weighted by molar-refractivity contribution is -0.146. The number of rotatable bonds is 7. The summed E-state index contributed by atoms with van der Waals surface area (Å²) in [5.41, 5.74) is 4.78. The van der Waals surface area contributed by atoms with Gasteiger partial charge in [-0.2, -0.15) is 0 Å². The average molecular weight is 304 g/mol. The van der Waals surface area contributed by atoms with Gasteiger partial charge in [0.25, 0.3) is 0 Å².